The van der Waals surface area contributed by atoms with Gasteiger partial charge in [0.05, 0.1) is 12.8 Å². The van der Waals surface area contributed by atoms with E-state index in [1.807, 2.05) is 12.1 Å². The second-order valence-electron chi connectivity index (χ2n) is 6.01. The Morgan fingerprint density at radius 3 is 2.60 bits per heavy atom. The maximum absolute atomic E-state index is 5.35. The summed E-state index contributed by atoms with van der Waals surface area (Å²) in [6.07, 6.45) is 2.55. The first-order valence-electron chi connectivity index (χ1n) is 8.44. The molecule has 0 amide bonds. The molecule has 1 aromatic carbocycles. The van der Waals surface area contributed by atoms with Gasteiger partial charge in [-0.25, -0.2) is 4.99 Å². The third-order valence-corrected chi connectivity index (χ3v) is 3.50. The highest BCUT2D eigenvalue weighted by molar-refractivity contribution is 14.0. The van der Waals surface area contributed by atoms with Gasteiger partial charge in [-0.05, 0) is 44.3 Å². The second-order valence-corrected chi connectivity index (χ2v) is 6.01. The van der Waals surface area contributed by atoms with Gasteiger partial charge in [-0.3, -0.25) is 0 Å². The van der Waals surface area contributed by atoms with E-state index in [4.69, 9.17) is 4.42 Å². The maximum atomic E-state index is 5.35. The van der Waals surface area contributed by atoms with Crippen molar-refractivity contribution in [3.05, 3.63) is 59.5 Å². The first kappa shape index (κ1) is 21.5. The molecule has 1 aromatic heterocycles. The van der Waals surface area contributed by atoms with E-state index in [0.717, 1.165) is 37.8 Å². The zero-order valence-electron chi connectivity index (χ0n) is 15.3. The minimum atomic E-state index is 0. The van der Waals surface area contributed by atoms with Crippen LogP contribution in [0.1, 0.15) is 23.8 Å². The third-order valence-electron chi connectivity index (χ3n) is 3.50. The molecule has 0 spiro atoms. The molecule has 2 N–H and O–H groups in total. The number of furan rings is 1. The van der Waals surface area contributed by atoms with Crippen molar-refractivity contribution >= 4 is 29.9 Å². The van der Waals surface area contributed by atoms with E-state index in [9.17, 15) is 0 Å². The Bertz CT molecular complexity index is 626. The van der Waals surface area contributed by atoms with Gasteiger partial charge < -0.3 is 20.0 Å². The van der Waals surface area contributed by atoms with Crippen molar-refractivity contribution in [2.75, 3.05) is 27.2 Å². The standard InChI is InChI=1S/C19H28N4O.HI/c1-4-20-19(21-11-10-18-9-6-12-24-18)22-14-16-7-5-8-17(13-16)15-23(2)3;/h5-9,12-13H,4,10-11,14-15H2,1-3H3,(H2,20,21,22);1H. The number of rotatable bonds is 8. The normalized spacial score (nSPS) is 11.3. The Morgan fingerprint density at radius 2 is 1.92 bits per heavy atom. The van der Waals surface area contributed by atoms with E-state index >= 15 is 0 Å². The van der Waals surface area contributed by atoms with Gasteiger partial charge in [0.25, 0.3) is 0 Å². The molecule has 138 valence electrons. The topological polar surface area (TPSA) is 52.8 Å². The van der Waals surface area contributed by atoms with Crippen LogP contribution in [0, 0.1) is 0 Å². The van der Waals surface area contributed by atoms with E-state index < -0.39 is 0 Å². The van der Waals surface area contributed by atoms with Crippen LogP contribution in [0.3, 0.4) is 0 Å². The first-order valence-corrected chi connectivity index (χ1v) is 8.44. The predicted octanol–water partition coefficient (Wildman–Crippen LogP) is 3.26. The molecule has 2 rings (SSSR count). The molecule has 6 heteroatoms. The summed E-state index contributed by atoms with van der Waals surface area (Å²) in [5, 5.41) is 6.63. The molecule has 0 radical (unpaired) electrons. The monoisotopic (exact) mass is 456 g/mol. The average Bonchev–Trinajstić information content (AvgIpc) is 3.06. The van der Waals surface area contributed by atoms with Crippen LogP contribution in [0.25, 0.3) is 0 Å². The molecule has 0 atom stereocenters. The SMILES string of the molecule is CCNC(=NCc1cccc(CN(C)C)c1)NCCc1ccco1.I. The van der Waals surface area contributed by atoms with Crippen molar-refractivity contribution in [2.45, 2.75) is 26.4 Å². The van der Waals surface area contributed by atoms with Crippen molar-refractivity contribution in [1.82, 2.24) is 15.5 Å². The van der Waals surface area contributed by atoms with Gasteiger partial charge in [-0.2, -0.15) is 0 Å². The lowest BCUT2D eigenvalue weighted by Gasteiger charge is -2.12. The van der Waals surface area contributed by atoms with Gasteiger partial charge in [0.2, 0.25) is 0 Å². The molecule has 25 heavy (non-hydrogen) atoms. The largest absolute Gasteiger partial charge is 0.469 e. The van der Waals surface area contributed by atoms with Crippen molar-refractivity contribution in [3.8, 4) is 0 Å². The highest BCUT2D eigenvalue weighted by Gasteiger charge is 2.01. The summed E-state index contributed by atoms with van der Waals surface area (Å²) in [5.41, 5.74) is 2.53. The Balaban J connectivity index is 0.00000312. The average molecular weight is 456 g/mol. The molecule has 0 fully saturated rings. The highest BCUT2D eigenvalue weighted by Crippen LogP contribution is 2.08. The smallest absolute Gasteiger partial charge is 0.191 e. The van der Waals surface area contributed by atoms with Gasteiger partial charge in [0.15, 0.2) is 5.96 Å². The lowest BCUT2D eigenvalue weighted by Crippen LogP contribution is -2.38. The number of nitrogens with zero attached hydrogens (tertiary/aromatic N) is 2. The van der Waals surface area contributed by atoms with Crippen LogP contribution in [0.2, 0.25) is 0 Å². The highest BCUT2D eigenvalue weighted by atomic mass is 127. The maximum Gasteiger partial charge on any atom is 0.191 e. The Hall–Kier alpha value is -1.54. The second kappa shape index (κ2) is 11.9. The van der Waals surface area contributed by atoms with Gasteiger partial charge >= 0.3 is 0 Å². The van der Waals surface area contributed by atoms with Gasteiger partial charge in [0.1, 0.15) is 5.76 Å². The molecule has 1 heterocycles. The Morgan fingerprint density at radius 1 is 1.12 bits per heavy atom. The van der Waals surface area contributed by atoms with Gasteiger partial charge in [-0.15, -0.1) is 24.0 Å². The first-order chi connectivity index (χ1) is 11.7. The summed E-state index contributed by atoms with van der Waals surface area (Å²) >= 11 is 0. The molecular weight excluding hydrogens is 427 g/mol. The molecule has 0 saturated heterocycles. The Kier molecular flexibility index (Phi) is 10.3. The number of guanidine groups is 1. The van der Waals surface area contributed by atoms with Crippen molar-refractivity contribution in [2.24, 2.45) is 4.99 Å². The molecule has 0 unspecified atom stereocenters. The van der Waals surface area contributed by atoms with E-state index in [1.165, 1.54) is 11.1 Å². The van der Waals surface area contributed by atoms with Crippen LogP contribution in [-0.4, -0.2) is 38.0 Å². The van der Waals surface area contributed by atoms with Gasteiger partial charge in [0, 0.05) is 26.1 Å². The van der Waals surface area contributed by atoms with Crippen LogP contribution in [0.4, 0.5) is 0 Å². The minimum absolute atomic E-state index is 0. The number of aliphatic imine (C=N–C) groups is 1. The molecule has 0 bridgehead atoms. The van der Waals surface area contributed by atoms with Crippen molar-refractivity contribution in [3.63, 3.8) is 0 Å². The summed E-state index contributed by atoms with van der Waals surface area (Å²) in [7, 11) is 4.16. The number of benzene rings is 1. The van der Waals surface area contributed by atoms with Crippen LogP contribution in [0.5, 0.6) is 0 Å². The summed E-state index contributed by atoms with van der Waals surface area (Å²) in [4.78, 5) is 6.84. The zero-order valence-corrected chi connectivity index (χ0v) is 17.6. The summed E-state index contributed by atoms with van der Waals surface area (Å²) < 4.78 is 5.35. The Labute approximate surface area is 167 Å². The van der Waals surface area contributed by atoms with E-state index in [1.54, 1.807) is 6.26 Å². The fraction of sp³-hybridized carbons (Fsp3) is 0.421. The minimum Gasteiger partial charge on any atom is -0.469 e. The van der Waals surface area contributed by atoms with Crippen molar-refractivity contribution < 1.29 is 4.42 Å². The summed E-state index contributed by atoms with van der Waals surface area (Å²) in [6.45, 7) is 5.31. The van der Waals surface area contributed by atoms with Crippen LogP contribution in [-0.2, 0) is 19.5 Å². The van der Waals surface area contributed by atoms with E-state index in [0.29, 0.717) is 6.54 Å². The van der Waals surface area contributed by atoms with Crippen LogP contribution >= 0.6 is 24.0 Å². The molecule has 0 aliphatic carbocycles. The quantitative estimate of drug-likeness (QED) is 0.364. The molecule has 5 nitrogen and oxygen atoms in total. The van der Waals surface area contributed by atoms with Gasteiger partial charge in [-0.1, -0.05) is 24.3 Å². The van der Waals surface area contributed by atoms with E-state index in [2.05, 4.69) is 65.8 Å². The lowest BCUT2D eigenvalue weighted by atomic mass is 10.1. The third kappa shape index (κ3) is 8.40. The molecule has 2 aromatic rings. The fourth-order valence-corrected chi connectivity index (χ4v) is 2.46. The lowest BCUT2D eigenvalue weighted by molar-refractivity contribution is 0.402. The molecule has 0 aliphatic heterocycles. The summed E-state index contributed by atoms with van der Waals surface area (Å²) in [6, 6.07) is 12.5. The number of halogens is 1. The van der Waals surface area contributed by atoms with E-state index in [-0.39, 0.29) is 24.0 Å². The number of hydrogen-bond donors (Lipinski definition) is 2. The fourth-order valence-electron chi connectivity index (χ4n) is 2.46. The molecular formula is C19H29IN4O. The summed E-state index contributed by atoms with van der Waals surface area (Å²) in [5.74, 6) is 1.82. The number of hydrogen-bond acceptors (Lipinski definition) is 3. The number of nitrogens with one attached hydrogen (secondary N) is 2. The predicted molar refractivity (Wildman–Crippen MR) is 114 cm³/mol. The van der Waals surface area contributed by atoms with Crippen molar-refractivity contribution in [1.29, 1.82) is 0 Å². The van der Waals surface area contributed by atoms with Crippen LogP contribution in [0.15, 0.2) is 52.1 Å². The molecule has 0 saturated carbocycles. The van der Waals surface area contributed by atoms with Crippen LogP contribution < -0.4 is 10.6 Å². The zero-order chi connectivity index (χ0) is 17.2. The molecule has 0 aliphatic rings.